The zero-order chi connectivity index (χ0) is 41.7. The molecule has 296 valence electrons. The number of hydrogen-bond acceptors (Lipinski definition) is 3. The molecule has 63 heavy (non-hydrogen) atoms. The first kappa shape index (κ1) is 36.9. The van der Waals surface area contributed by atoms with Crippen molar-refractivity contribution in [2.75, 3.05) is 0 Å². The van der Waals surface area contributed by atoms with Crippen LogP contribution in [0.1, 0.15) is 0 Å². The molecule has 0 amide bonds. The summed E-state index contributed by atoms with van der Waals surface area (Å²) in [5.41, 5.74) is 7.50. The molecule has 0 atom stereocenters. The van der Waals surface area contributed by atoms with Gasteiger partial charge in [0.05, 0.1) is 0 Å². The fourth-order valence-corrected chi connectivity index (χ4v) is 19.8. The van der Waals surface area contributed by atoms with Gasteiger partial charge in [-0.15, -0.1) is 0 Å². The number of rotatable bonds is 8. The summed E-state index contributed by atoms with van der Waals surface area (Å²) in [6, 6.07) is 85.4. The molecule has 0 N–H and O–H groups in total. The van der Waals surface area contributed by atoms with Crippen molar-refractivity contribution in [3.05, 3.63) is 237 Å². The quantitative estimate of drug-likeness (QED) is 0.143. The van der Waals surface area contributed by atoms with Crippen LogP contribution in [0.4, 0.5) is 0 Å². The van der Waals surface area contributed by atoms with Gasteiger partial charge in [-0.1, -0.05) is 0 Å². The molecule has 5 nitrogen and oxygen atoms in total. The zero-order valence-corrected chi connectivity index (χ0v) is 36.4. The summed E-state index contributed by atoms with van der Waals surface area (Å²) in [7, 11) is 0. The topological polar surface area (TPSA) is 48.5 Å². The maximum absolute atomic E-state index is 5.45. The van der Waals surface area contributed by atoms with Crippen molar-refractivity contribution in [1.29, 1.82) is 0 Å². The van der Waals surface area contributed by atoms with Gasteiger partial charge in [-0.3, -0.25) is 0 Å². The SMILES string of the molecule is c1ccc(-c2cc[c]([Ge]([c]3ccccc3)([c]3ccccc3)[c]3cccc(-c4nc(-n5c6ccccc6c6ccccc65)nc(-n5c6ccccc6c6ccccc65)n4)c3)cc2)cc1. The van der Waals surface area contributed by atoms with E-state index in [4.69, 9.17) is 15.0 Å². The van der Waals surface area contributed by atoms with E-state index in [0.717, 1.165) is 49.2 Å². The third kappa shape index (κ3) is 6.04. The molecule has 0 aliphatic rings. The van der Waals surface area contributed by atoms with E-state index in [2.05, 4.69) is 246 Å². The first-order valence-electron chi connectivity index (χ1n) is 21.4. The van der Waals surface area contributed by atoms with Crippen LogP contribution >= 0.6 is 0 Å². The van der Waals surface area contributed by atoms with Gasteiger partial charge in [0, 0.05) is 0 Å². The Kier molecular flexibility index (Phi) is 8.94. The monoisotopic (exact) mass is 867 g/mol. The summed E-state index contributed by atoms with van der Waals surface area (Å²) in [5, 5.41) is 4.60. The fraction of sp³-hybridized carbons (Fsp3) is 0. The van der Waals surface area contributed by atoms with Crippen molar-refractivity contribution >= 4 is 74.5 Å². The Balaban J connectivity index is 1.13. The molecule has 0 fully saturated rings. The molecule has 0 unspecified atom stereocenters. The van der Waals surface area contributed by atoms with Gasteiger partial charge in [-0.05, 0) is 0 Å². The van der Waals surface area contributed by atoms with Crippen LogP contribution in [-0.2, 0) is 0 Å². The first-order chi connectivity index (χ1) is 31.3. The summed E-state index contributed by atoms with van der Waals surface area (Å²) >= 11 is -3.74. The standard InChI is InChI=1S/C57H39GeN5/c1-4-19-40(20-5-1)41-35-37-45(38-36-41)58(43-22-6-2-7-23-43,44-24-8-3-9-25-44)46-26-18-21-42(39-46)55-59-56(62-51-31-14-10-27-47(51)48-28-11-15-32-52(48)62)61-57(60-55)63-53-33-16-12-29-49(53)50-30-13-17-34-54(50)63/h1-39H. The van der Waals surface area contributed by atoms with Crippen molar-refractivity contribution in [1.82, 2.24) is 24.1 Å². The second-order valence-corrected chi connectivity index (χ2v) is 24.0. The Labute approximate surface area is 367 Å². The van der Waals surface area contributed by atoms with E-state index in [1.54, 1.807) is 0 Å². The van der Waals surface area contributed by atoms with Gasteiger partial charge >= 0.3 is 370 Å². The third-order valence-corrected chi connectivity index (χ3v) is 22.6. The van der Waals surface area contributed by atoms with Crippen molar-refractivity contribution in [3.63, 3.8) is 0 Å². The summed E-state index contributed by atoms with van der Waals surface area (Å²) in [5.74, 6) is 1.74. The Morgan fingerprint density at radius 2 is 0.619 bits per heavy atom. The van der Waals surface area contributed by atoms with Gasteiger partial charge in [0.2, 0.25) is 0 Å². The Morgan fingerprint density at radius 1 is 0.270 bits per heavy atom. The van der Waals surface area contributed by atoms with Crippen LogP contribution in [0.2, 0.25) is 0 Å². The van der Waals surface area contributed by atoms with Gasteiger partial charge in [-0.25, -0.2) is 0 Å². The van der Waals surface area contributed by atoms with E-state index in [-0.39, 0.29) is 0 Å². The molecular weight excluding hydrogens is 827 g/mol. The molecule has 0 bridgehead atoms. The molecule has 12 rings (SSSR count). The molecule has 0 radical (unpaired) electrons. The molecule has 0 saturated heterocycles. The number of fused-ring (bicyclic) bond motifs is 6. The molecule has 0 spiro atoms. The molecule has 0 saturated carbocycles. The van der Waals surface area contributed by atoms with Gasteiger partial charge < -0.3 is 0 Å². The average Bonchev–Trinajstić information content (AvgIpc) is 3.89. The number of nitrogens with zero attached hydrogens (tertiary/aromatic N) is 5. The van der Waals surface area contributed by atoms with E-state index >= 15 is 0 Å². The minimum absolute atomic E-state index is 0.565. The molecular formula is C57H39GeN5. The number of aromatic nitrogens is 5. The fourth-order valence-electron chi connectivity index (χ4n) is 9.77. The summed E-state index contributed by atoms with van der Waals surface area (Å²) in [4.78, 5) is 16.3. The second kappa shape index (κ2) is 15.2. The molecule has 3 aromatic heterocycles. The first-order valence-corrected chi connectivity index (χ1v) is 25.6. The van der Waals surface area contributed by atoms with Crippen LogP contribution in [0.25, 0.3) is 78.0 Å². The van der Waals surface area contributed by atoms with E-state index in [1.807, 2.05) is 0 Å². The summed E-state index contributed by atoms with van der Waals surface area (Å²) < 4.78 is 9.72. The van der Waals surface area contributed by atoms with Crippen molar-refractivity contribution in [2.45, 2.75) is 0 Å². The van der Waals surface area contributed by atoms with E-state index < -0.39 is 13.3 Å². The Morgan fingerprint density at radius 3 is 1.08 bits per heavy atom. The Bertz CT molecular complexity index is 3340. The van der Waals surface area contributed by atoms with Crippen LogP contribution in [-0.4, -0.2) is 37.4 Å². The van der Waals surface area contributed by atoms with Crippen molar-refractivity contribution in [2.24, 2.45) is 0 Å². The van der Waals surface area contributed by atoms with Gasteiger partial charge in [0.25, 0.3) is 0 Å². The number of para-hydroxylation sites is 4. The number of benzene rings is 9. The van der Waals surface area contributed by atoms with Gasteiger partial charge in [0.1, 0.15) is 0 Å². The predicted octanol–water partition coefficient (Wildman–Crippen LogP) is 10.8. The molecule has 6 heteroatoms. The van der Waals surface area contributed by atoms with Crippen LogP contribution in [0.15, 0.2) is 237 Å². The maximum atomic E-state index is 5.45. The minimum atomic E-state index is -3.74. The third-order valence-electron chi connectivity index (χ3n) is 12.6. The molecule has 0 aliphatic heterocycles. The van der Waals surface area contributed by atoms with Crippen LogP contribution in [0.5, 0.6) is 0 Å². The summed E-state index contributed by atoms with van der Waals surface area (Å²) in [6.07, 6.45) is 0. The van der Waals surface area contributed by atoms with E-state index in [1.165, 1.54) is 28.7 Å². The molecule has 3 heterocycles. The average molecular weight is 867 g/mol. The van der Waals surface area contributed by atoms with Crippen LogP contribution in [0, 0.1) is 0 Å². The van der Waals surface area contributed by atoms with Gasteiger partial charge in [0.15, 0.2) is 0 Å². The van der Waals surface area contributed by atoms with Crippen molar-refractivity contribution in [3.8, 4) is 34.4 Å². The van der Waals surface area contributed by atoms with E-state index in [9.17, 15) is 0 Å². The zero-order valence-electron chi connectivity index (χ0n) is 34.3. The van der Waals surface area contributed by atoms with E-state index in [0.29, 0.717) is 17.7 Å². The van der Waals surface area contributed by atoms with Crippen molar-refractivity contribution < 1.29 is 0 Å². The second-order valence-electron chi connectivity index (χ2n) is 16.0. The normalized spacial score (nSPS) is 11.8. The van der Waals surface area contributed by atoms with Crippen LogP contribution < -0.4 is 17.6 Å². The van der Waals surface area contributed by atoms with Crippen LogP contribution in [0.3, 0.4) is 0 Å². The predicted molar refractivity (Wildman–Crippen MR) is 263 cm³/mol. The van der Waals surface area contributed by atoms with Gasteiger partial charge in [-0.2, -0.15) is 0 Å². The number of hydrogen-bond donors (Lipinski definition) is 0. The molecule has 12 aromatic rings. The Hall–Kier alpha value is -7.87. The molecule has 0 aliphatic carbocycles. The summed E-state index contributed by atoms with van der Waals surface area (Å²) in [6.45, 7) is 0. The molecule has 9 aromatic carbocycles.